The fourth-order valence-electron chi connectivity index (χ4n) is 4.05. The van der Waals surface area contributed by atoms with Crippen molar-refractivity contribution in [3.8, 4) is 11.8 Å². The lowest BCUT2D eigenvalue weighted by atomic mass is 10.1. The largest absolute Gasteiger partial charge is 0.485 e. The van der Waals surface area contributed by atoms with Crippen LogP contribution in [0.3, 0.4) is 0 Å². The highest BCUT2D eigenvalue weighted by Gasteiger charge is 2.33. The monoisotopic (exact) mass is 465 g/mol. The van der Waals surface area contributed by atoms with Gasteiger partial charge in [-0.05, 0) is 45.8 Å². The highest BCUT2D eigenvalue weighted by Crippen LogP contribution is 2.45. The number of carbonyl (C=O) groups is 1. The van der Waals surface area contributed by atoms with Gasteiger partial charge in [0.15, 0.2) is 0 Å². The van der Waals surface area contributed by atoms with Crippen molar-refractivity contribution in [2.45, 2.75) is 58.1 Å². The van der Waals surface area contributed by atoms with E-state index in [1.54, 1.807) is 19.5 Å². The van der Waals surface area contributed by atoms with Gasteiger partial charge in [0, 0.05) is 57.2 Å². The molecule has 0 aromatic carbocycles. The minimum atomic E-state index is -0.185. The van der Waals surface area contributed by atoms with Gasteiger partial charge in [0.25, 0.3) is 0 Å². The van der Waals surface area contributed by atoms with E-state index in [-0.39, 0.29) is 18.1 Å². The van der Waals surface area contributed by atoms with Gasteiger partial charge in [-0.1, -0.05) is 6.08 Å². The normalized spacial score (nSPS) is 19.8. The van der Waals surface area contributed by atoms with Crippen molar-refractivity contribution in [1.29, 1.82) is 5.26 Å². The fraction of sp³-hybridized carbons (Fsp3) is 0.538. The Morgan fingerprint density at radius 1 is 1.41 bits per heavy atom. The number of allylic oxidation sites excluding steroid dienone is 2. The average molecular weight is 466 g/mol. The molecule has 2 atom stereocenters. The topological polar surface area (TPSA) is 91.1 Å². The molecular weight excluding hydrogens is 430 g/mol. The molecule has 0 bridgehead atoms. The minimum Gasteiger partial charge on any atom is -0.485 e. The Morgan fingerprint density at radius 2 is 2.21 bits per heavy atom. The standard InChI is InChI=1S/C26H35N5O3/c1-5-11-28-12-6-7-20(3)34-23-16-22(17-27)26(29-25(23)21-8-9-21)30-13-14-31(19(2)18-30)24(32)10-15-33-4/h5-7,11-12,16,19-21H,8-10,13-15,18H2,1-4H3/b7-6+,11-5-,28-12-. The molecule has 2 unspecified atom stereocenters. The maximum absolute atomic E-state index is 12.5. The Labute approximate surface area is 202 Å². The molecule has 1 aromatic heterocycles. The van der Waals surface area contributed by atoms with Gasteiger partial charge in [-0.2, -0.15) is 5.26 Å². The van der Waals surface area contributed by atoms with E-state index in [0.29, 0.717) is 55.7 Å². The SMILES string of the molecule is C\C=C/N=C\C=C\C(C)Oc1cc(C#N)c(N2CCN(C(=O)CCOC)C(C)C2)nc1C1CC1. The Balaban J connectivity index is 1.76. The summed E-state index contributed by atoms with van der Waals surface area (Å²) in [5, 5.41) is 9.89. The van der Waals surface area contributed by atoms with Crippen LogP contribution in [0.15, 0.2) is 35.5 Å². The summed E-state index contributed by atoms with van der Waals surface area (Å²) in [6, 6.07) is 4.17. The van der Waals surface area contributed by atoms with E-state index in [0.717, 1.165) is 18.5 Å². The zero-order valence-corrected chi connectivity index (χ0v) is 20.6. The third-order valence-corrected chi connectivity index (χ3v) is 5.95. The molecule has 8 heteroatoms. The number of pyridine rings is 1. The second-order valence-electron chi connectivity index (χ2n) is 8.74. The number of anilines is 1. The van der Waals surface area contributed by atoms with Crippen LogP contribution in [0.2, 0.25) is 0 Å². The molecule has 34 heavy (non-hydrogen) atoms. The molecule has 1 aliphatic heterocycles. The van der Waals surface area contributed by atoms with Crippen molar-refractivity contribution in [3.63, 3.8) is 0 Å². The molecule has 2 aliphatic rings. The Bertz CT molecular complexity index is 977. The van der Waals surface area contributed by atoms with Crippen molar-refractivity contribution >= 4 is 17.9 Å². The summed E-state index contributed by atoms with van der Waals surface area (Å²) < 4.78 is 11.2. The zero-order chi connectivity index (χ0) is 24.5. The number of aliphatic imine (C=N–C) groups is 1. The lowest BCUT2D eigenvalue weighted by molar-refractivity contribution is -0.134. The Kier molecular flexibility index (Phi) is 9.23. The van der Waals surface area contributed by atoms with Gasteiger partial charge < -0.3 is 19.3 Å². The maximum atomic E-state index is 12.5. The molecule has 3 rings (SSSR count). The van der Waals surface area contributed by atoms with Gasteiger partial charge in [0.2, 0.25) is 5.91 Å². The molecule has 1 aliphatic carbocycles. The Morgan fingerprint density at radius 3 is 2.85 bits per heavy atom. The lowest BCUT2D eigenvalue weighted by Gasteiger charge is -2.41. The number of ether oxygens (including phenoxy) is 2. The van der Waals surface area contributed by atoms with Crippen LogP contribution in [0.5, 0.6) is 5.75 Å². The number of nitrogens with zero attached hydrogens (tertiary/aromatic N) is 5. The number of hydrogen-bond donors (Lipinski definition) is 0. The van der Waals surface area contributed by atoms with E-state index in [1.165, 1.54) is 0 Å². The molecule has 182 valence electrons. The Hall–Kier alpha value is -3.18. The quantitative estimate of drug-likeness (QED) is 0.488. The average Bonchev–Trinajstić information content (AvgIpc) is 3.67. The van der Waals surface area contributed by atoms with Crippen molar-refractivity contribution in [2.24, 2.45) is 4.99 Å². The highest BCUT2D eigenvalue weighted by atomic mass is 16.5. The van der Waals surface area contributed by atoms with Crippen molar-refractivity contribution in [2.75, 3.05) is 38.3 Å². The predicted octanol–water partition coefficient (Wildman–Crippen LogP) is 3.83. The van der Waals surface area contributed by atoms with Crippen LogP contribution in [0.1, 0.15) is 57.2 Å². The molecule has 8 nitrogen and oxygen atoms in total. The number of carbonyl (C=O) groups excluding carboxylic acids is 1. The van der Waals surface area contributed by atoms with Crippen LogP contribution in [0, 0.1) is 11.3 Å². The molecule has 1 saturated heterocycles. The van der Waals surface area contributed by atoms with Gasteiger partial charge in [-0.25, -0.2) is 4.98 Å². The van der Waals surface area contributed by atoms with Crippen LogP contribution < -0.4 is 9.64 Å². The van der Waals surface area contributed by atoms with E-state index in [9.17, 15) is 10.1 Å². The van der Waals surface area contributed by atoms with Crippen LogP contribution in [0.25, 0.3) is 0 Å². The summed E-state index contributed by atoms with van der Waals surface area (Å²) in [5.74, 6) is 1.83. The van der Waals surface area contributed by atoms with Crippen LogP contribution in [-0.4, -0.2) is 67.5 Å². The lowest BCUT2D eigenvalue weighted by Crippen LogP contribution is -2.54. The summed E-state index contributed by atoms with van der Waals surface area (Å²) >= 11 is 0. The minimum absolute atomic E-state index is 0.0288. The van der Waals surface area contributed by atoms with Crippen LogP contribution >= 0.6 is 0 Å². The third-order valence-electron chi connectivity index (χ3n) is 5.95. The number of rotatable bonds is 10. The van der Waals surface area contributed by atoms with Crippen LogP contribution in [0.4, 0.5) is 5.82 Å². The van der Waals surface area contributed by atoms with E-state index >= 15 is 0 Å². The van der Waals surface area contributed by atoms with Crippen molar-refractivity contribution in [1.82, 2.24) is 9.88 Å². The molecule has 1 saturated carbocycles. The van der Waals surface area contributed by atoms with Crippen molar-refractivity contribution in [3.05, 3.63) is 41.8 Å². The first-order chi connectivity index (χ1) is 16.5. The van der Waals surface area contributed by atoms with E-state index in [1.807, 2.05) is 50.0 Å². The first-order valence-electron chi connectivity index (χ1n) is 11.9. The third kappa shape index (κ3) is 6.67. The number of piperazine rings is 1. The molecule has 1 aromatic rings. The predicted molar refractivity (Wildman–Crippen MR) is 133 cm³/mol. The smallest absolute Gasteiger partial charge is 0.225 e. The van der Waals surface area contributed by atoms with Gasteiger partial charge >= 0.3 is 0 Å². The number of amides is 1. The molecule has 1 amide bonds. The number of nitriles is 1. The zero-order valence-electron chi connectivity index (χ0n) is 20.6. The second kappa shape index (κ2) is 12.3. The number of aromatic nitrogens is 1. The molecular formula is C26H35N5O3. The molecule has 0 spiro atoms. The van der Waals surface area contributed by atoms with Gasteiger partial charge in [0.1, 0.15) is 23.7 Å². The highest BCUT2D eigenvalue weighted by molar-refractivity contribution is 5.77. The summed E-state index contributed by atoms with van der Waals surface area (Å²) in [6.07, 6.45) is 11.4. The fourth-order valence-corrected chi connectivity index (χ4v) is 4.05. The van der Waals surface area contributed by atoms with E-state index < -0.39 is 0 Å². The summed E-state index contributed by atoms with van der Waals surface area (Å²) in [7, 11) is 1.60. The van der Waals surface area contributed by atoms with E-state index in [2.05, 4.69) is 16.0 Å². The number of hydrogen-bond acceptors (Lipinski definition) is 7. The molecule has 0 N–H and O–H groups in total. The second-order valence-corrected chi connectivity index (χ2v) is 8.74. The first kappa shape index (κ1) is 25.4. The van der Waals surface area contributed by atoms with Gasteiger partial charge in [-0.15, -0.1) is 0 Å². The summed E-state index contributed by atoms with van der Waals surface area (Å²) in [4.78, 5) is 25.6. The molecule has 2 heterocycles. The van der Waals surface area contributed by atoms with Gasteiger partial charge in [-0.3, -0.25) is 9.79 Å². The van der Waals surface area contributed by atoms with Gasteiger partial charge in [0.05, 0.1) is 24.3 Å². The molecule has 2 fully saturated rings. The molecule has 0 radical (unpaired) electrons. The van der Waals surface area contributed by atoms with E-state index in [4.69, 9.17) is 14.5 Å². The first-order valence-corrected chi connectivity index (χ1v) is 11.9. The summed E-state index contributed by atoms with van der Waals surface area (Å²) in [6.45, 7) is 8.21. The van der Waals surface area contributed by atoms with Crippen molar-refractivity contribution < 1.29 is 14.3 Å². The number of methoxy groups -OCH3 is 1. The van der Waals surface area contributed by atoms with Crippen LogP contribution in [-0.2, 0) is 9.53 Å². The summed E-state index contributed by atoms with van der Waals surface area (Å²) in [5.41, 5.74) is 1.42. The maximum Gasteiger partial charge on any atom is 0.225 e.